The summed E-state index contributed by atoms with van der Waals surface area (Å²) in [6.07, 6.45) is 3.01. The summed E-state index contributed by atoms with van der Waals surface area (Å²) in [5.74, 6) is -0.945. The highest BCUT2D eigenvalue weighted by molar-refractivity contribution is 6.06. The topological polar surface area (TPSA) is 108 Å². The van der Waals surface area contributed by atoms with Crippen LogP contribution in [0.15, 0.2) is 96.1 Å². The Morgan fingerprint density at radius 3 is 2.43 bits per heavy atom. The fourth-order valence-corrected chi connectivity index (χ4v) is 4.56. The number of pyridine rings is 2. The number of carbonyl (C=O) groups excluding carboxylic acids is 1. The molecule has 212 valence electrons. The van der Waals surface area contributed by atoms with E-state index in [4.69, 9.17) is 15.2 Å². The second-order valence-electron chi connectivity index (χ2n) is 9.14. The molecule has 0 aliphatic rings. The lowest BCUT2D eigenvalue weighted by Gasteiger charge is -2.15. The van der Waals surface area contributed by atoms with E-state index >= 15 is 4.39 Å². The standard InChI is InChI=1S/C32H26F2N4O4/c1-3-42-28-14-16-38(22-10-7-20(33)8-11-22)32(40)29(28)31(39)37-21-9-12-23(26(34)18-21)19-6-13-27(41-2)25(17-19)24-5-4-15-36-30(24)35/h4-18H,3H2,1-2H3,(H2,35,36)(H,37,39). The predicted molar refractivity (Wildman–Crippen MR) is 157 cm³/mol. The number of anilines is 2. The molecule has 3 N–H and O–H groups in total. The zero-order valence-electron chi connectivity index (χ0n) is 22.7. The molecule has 42 heavy (non-hydrogen) atoms. The zero-order valence-corrected chi connectivity index (χ0v) is 22.7. The van der Waals surface area contributed by atoms with Crippen molar-refractivity contribution in [2.45, 2.75) is 6.92 Å². The molecule has 0 aliphatic carbocycles. The number of hydrogen-bond donors (Lipinski definition) is 2. The first-order chi connectivity index (χ1) is 20.3. The lowest BCUT2D eigenvalue weighted by atomic mass is 9.98. The lowest BCUT2D eigenvalue weighted by Crippen LogP contribution is -2.29. The average Bonchev–Trinajstić information content (AvgIpc) is 2.98. The predicted octanol–water partition coefficient (Wildman–Crippen LogP) is 6.09. The monoisotopic (exact) mass is 568 g/mol. The van der Waals surface area contributed by atoms with Crippen LogP contribution in [0.4, 0.5) is 20.3 Å². The van der Waals surface area contributed by atoms with Crippen LogP contribution in [-0.4, -0.2) is 29.2 Å². The summed E-state index contributed by atoms with van der Waals surface area (Å²) in [6.45, 7) is 1.92. The zero-order chi connectivity index (χ0) is 29.8. The molecular weight excluding hydrogens is 542 g/mol. The van der Waals surface area contributed by atoms with Gasteiger partial charge in [-0.2, -0.15) is 0 Å². The maximum absolute atomic E-state index is 15.4. The van der Waals surface area contributed by atoms with Crippen molar-refractivity contribution >= 4 is 17.4 Å². The molecule has 8 nitrogen and oxygen atoms in total. The third-order valence-corrected chi connectivity index (χ3v) is 6.55. The molecule has 0 bridgehead atoms. The molecule has 2 heterocycles. The summed E-state index contributed by atoms with van der Waals surface area (Å²) in [4.78, 5) is 30.8. The van der Waals surface area contributed by atoms with Crippen molar-refractivity contribution in [1.29, 1.82) is 0 Å². The van der Waals surface area contributed by atoms with Gasteiger partial charge in [-0.25, -0.2) is 13.8 Å². The number of hydrogen-bond acceptors (Lipinski definition) is 6. The van der Waals surface area contributed by atoms with Crippen molar-refractivity contribution in [1.82, 2.24) is 9.55 Å². The van der Waals surface area contributed by atoms with Crippen molar-refractivity contribution in [3.05, 3.63) is 119 Å². The Bertz CT molecular complexity index is 1840. The van der Waals surface area contributed by atoms with Gasteiger partial charge in [0, 0.05) is 40.5 Å². The van der Waals surface area contributed by atoms with E-state index in [0.29, 0.717) is 33.9 Å². The van der Waals surface area contributed by atoms with Gasteiger partial charge in [-0.05, 0) is 85.3 Å². The van der Waals surface area contributed by atoms with E-state index in [2.05, 4.69) is 10.3 Å². The molecule has 0 radical (unpaired) electrons. The van der Waals surface area contributed by atoms with Gasteiger partial charge in [0.05, 0.1) is 13.7 Å². The number of nitrogens with zero attached hydrogens (tertiary/aromatic N) is 2. The summed E-state index contributed by atoms with van der Waals surface area (Å²) < 4.78 is 41.1. The number of methoxy groups -OCH3 is 1. The third kappa shape index (κ3) is 5.55. The number of halogens is 2. The molecule has 0 saturated carbocycles. The summed E-state index contributed by atoms with van der Waals surface area (Å²) in [5.41, 5.74) is 7.71. The number of rotatable bonds is 8. The van der Waals surface area contributed by atoms with Gasteiger partial charge in [0.2, 0.25) is 0 Å². The van der Waals surface area contributed by atoms with E-state index < -0.39 is 23.1 Å². The van der Waals surface area contributed by atoms with Crippen LogP contribution < -0.4 is 26.1 Å². The Labute approximate surface area is 240 Å². The van der Waals surface area contributed by atoms with Crippen LogP contribution >= 0.6 is 0 Å². The molecule has 0 unspecified atom stereocenters. The van der Waals surface area contributed by atoms with Crippen molar-refractivity contribution in [3.8, 4) is 39.4 Å². The number of nitrogens with one attached hydrogen (secondary N) is 1. The minimum absolute atomic E-state index is 0.0656. The molecule has 2 aromatic heterocycles. The smallest absolute Gasteiger partial charge is 0.271 e. The van der Waals surface area contributed by atoms with Gasteiger partial charge in [-0.3, -0.25) is 14.2 Å². The van der Waals surface area contributed by atoms with Crippen LogP contribution in [0.5, 0.6) is 11.5 Å². The van der Waals surface area contributed by atoms with Crippen LogP contribution in [0.25, 0.3) is 27.9 Å². The maximum Gasteiger partial charge on any atom is 0.271 e. The molecule has 1 amide bonds. The van der Waals surface area contributed by atoms with Crippen LogP contribution in [-0.2, 0) is 0 Å². The normalized spacial score (nSPS) is 10.8. The molecule has 0 aliphatic heterocycles. The molecule has 10 heteroatoms. The molecule has 0 spiro atoms. The Kier molecular flexibility index (Phi) is 7.96. The number of benzene rings is 3. The van der Waals surface area contributed by atoms with Crippen LogP contribution in [0, 0.1) is 11.6 Å². The quantitative estimate of drug-likeness (QED) is 0.235. The molecule has 5 rings (SSSR count). The summed E-state index contributed by atoms with van der Waals surface area (Å²) in [5, 5.41) is 2.59. The molecule has 3 aromatic carbocycles. The molecule has 0 fully saturated rings. The molecule has 0 saturated heterocycles. The molecular formula is C32H26F2N4O4. The van der Waals surface area contributed by atoms with E-state index in [9.17, 15) is 14.0 Å². The van der Waals surface area contributed by atoms with Crippen molar-refractivity contribution in [3.63, 3.8) is 0 Å². The Hall–Kier alpha value is -5.51. The van der Waals surface area contributed by atoms with Gasteiger partial charge in [0.15, 0.2) is 0 Å². The van der Waals surface area contributed by atoms with Gasteiger partial charge in [0.25, 0.3) is 11.5 Å². The first kappa shape index (κ1) is 28.0. The van der Waals surface area contributed by atoms with Crippen LogP contribution in [0.3, 0.4) is 0 Å². The minimum atomic E-state index is -0.786. The summed E-state index contributed by atoms with van der Waals surface area (Å²) in [6, 6.07) is 19.6. The van der Waals surface area contributed by atoms with E-state index in [1.165, 1.54) is 60.3 Å². The SMILES string of the molecule is CCOc1ccn(-c2ccc(F)cc2)c(=O)c1C(=O)Nc1ccc(-c2ccc(OC)c(-c3cccnc3N)c2)c(F)c1. The van der Waals surface area contributed by atoms with E-state index in [-0.39, 0.29) is 29.2 Å². The molecule has 0 atom stereocenters. The second kappa shape index (κ2) is 11.9. The largest absolute Gasteiger partial charge is 0.496 e. The first-order valence-corrected chi connectivity index (χ1v) is 12.9. The van der Waals surface area contributed by atoms with Gasteiger partial charge in [-0.1, -0.05) is 6.07 Å². The van der Waals surface area contributed by atoms with E-state index in [1.54, 1.807) is 43.5 Å². The molecule has 5 aromatic rings. The minimum Gasteiger partial charge on any atom is -0.496 e. The Morgan fingerprint density at radius 1 is 0.952 bits per heavy atom. The number of ether oxygens (including phenoxy) is 2. The highest BCUT2D eigenvalue weighted by Crippen LogP contribution is 2.37. The van der Waals surface area contributed by atoms with Crippen molar-refractivity contribution in [2.24, 2.45) is 0 Å². The number of carbonyl (C=O) groups is 1. The fourth-order valence-electron chi connectivity index (χ4n) is 4.56. The number of aromatic nitrogens is 2. The summed E-state index contributed by atoms with van der Waals surface area (Å²) in [7, 11) is 1.53. The Morgan fingerprint density at radius 2 is 1.74 bits per heavy atom. The summed E-state index contributed by atoms with van der Waals surface area (Å²) >= 11 is 0. The van der Waals surface area contributed by atoms with Crippen molar-refractivity contribution < 1.29 is 23.0 Å². The van der Waals surface area contributed by atoms with Crippen molar-refractivity contribution in [2.75, 3.05) is 24.8 Å². The number of amides is 1. The van der Waals surface area contributed by atoms with Gasteiger partial charge >= 0.3 is 0 Å². The van der Waals surface area contributed by atoms with E-state index in [1.807, 2.05) is 0 Å². The van der Waals surface area contributed by atoms with E-state index in [0.717, 1.165) is 6.07 Å². The van der Waals surface area contributed by atoms with Gasteiger partial charge in [-0.15, -0.1) is 0 Å². The number of nitrogen functional groups attached to an aromatic ring is 1. The fraction of sp³-hybridized carbons (Fsp3) is 0.0938. The lowest BCUT2D eigenvalue weighted by molar-refractivity contribution is 0.102. The highest BCUT2D eigenvalue weighted by atomic mass is 19.1. The first-order valence-electron chi connectivity index (χ1n) is 12.9. The highest BCUT2D eigenvalue weighted by Gasteiger charge is 2.21. The second-order valence-corrected chi connectivity index (χ2v) is 9.14. The Balaban J connectivity index is 1.47. The maximum atomic E-state index is 15.4. The number of nitrogens with two attached hydrogens (primary N) is 1. The van der Waals surface area contributed by atoms with Gasteiger partial charge < -0.3 is 20.5 Å². The van der Waals surface area contributed by atoms with Crippen LogP contribution in [0.1, 0.15) is 17.3 Å². The third-order valence-electron chi connectivity index (χ3n) is 6.55. The average molecular weight is 569 g/mol. The van der Waals surface area contributed by atoms with Crippen LogP contribution in [0.2, 0.25) is 0 Å². The van der Waals surface area contributed by atoms with Gasteiger partial charge in [0.1, 0.15) is 34.5 Å².